The number of carbonyl (C=O) groups excluding carboxylic acids is 1. The summed E-state index contributed by atoms with van der Waals surface area (Å²) in [6, 6.07) is 3.80. The second-order valence-corrected chi connectivity index (χ2v) is 5.14. The van der Waals surface area contributed by atoms with E-state index >= 15 is 0 Å². The fraction of sp³-hybridized carbons (Fsp3) is 0.562. The van der Waals surface area contributed by atoms with Gasteiger partial charge in [0, 0.05) is 18.8 Å². The van der Waals surface area contributed by atoms with Crippen LogP contribution in [0.25, 0.3) is 0 Å². The van der Waals surface area contributed by atoms with E-state index in [9.17, 15) is 4.79 Å². The number of benzene rings is 1. The lowest BCUT2D eigenvalue weighted by atomic mass is 10.0. The predicted octanol–water partition coefficient (Wildman–Crippen LogP) is 2.23. The highest BCUT2D eigenvalue weighted by Crippen LogP contribution is 2.29. The van der Waals surface area contributed by atoms with Crippen molar-refractivity contribution in [3.05, 3.63) is 23.3 Å². The number of nitrogen functional groups attached to an aromatic ring is 1. The first-order valence-corrected chi connectivity index (χ1v) is 7.59. The van der Waals surface area contributed by atoms with Crippen molar-refractivity contribution in [1.29, 1.82) is 0 Å². The zero-order chi connectivity index (χ0) is 15.2. The average Bonchev–Trinajstić information content (AvgIpc) is 2.50. The SMILES string of the molecule is CCCc1cc(N2CCOCC2)c(C(=O)OCC)cc1N. The topological polar surface area (TPSA) is 64.8 Å². The standard InChI is InChI=1S/C16H24N2O3/c1-3-5-12-10-15(18-6-8-20-9-7-18)13(11-14(12)17)16(19)21-4-2/h10-11H,3-9,17H2,1-2H3. The maximum Gasteiger partial charge on any atom is 0.340 e. The molecule has 1 aromatic carbocycles. The number of hydrogen-bond acceptors (Lipinski definition) is 5. The highest BCUT2D eigenvalue weighted by molar-refractivity contribution is 5.97. The second kappa shape index (κ2) is 7.31. The van der Waals surface area contributed by atoms with Crippen LogP contribution in [0.15, 0.2) is 12.1 Å². The molecule has 0 atom stereocenters. The molecule has 2 rings (SSSR count). The molecular weight excluding hydrogens is 268 g/mol. The van der Waals surface area contributed by atoms with Crippen LogP contribution >= 0.6 is 0 Å². The fourth-order valence-electron chi connectivity index (χ4n) is 2.57. The first-order chi connectivity index (χ1) is 10.2. The number of rotatable bonds is 5. The Balaban J connectivity index is 2.40. The van der Waals surface area contributed by atoms with E-state index in [0.717, 1.165) is 37.2 Å². The van der Waals surface area contributed by atoms with E-state index in [4.69, 9.17) is 15.2 Å². The molecule has 116 valence electrons. The van der Waals surface area contributed by atoms with E-state index in [0.29, 0.717) is 31.1 Å². The summed E-state index contributed by atoms with van der Waals surface area (Å²) in [7, 11) is 0. The Kier molecular flexibility index (Phi) is 5.44. The highest BCUT2D eigenvalue weighted by atomic mass is 16.5. The van der Waals surface area contributed by atoms with Crippen LogP contribution in [0.4, 0.5) is 11.4 Å². The number of esters is 1. The Morgan fingerprint density at radius 1 is 1.33 bits per heavy atom. The van der Waals surface area contributed by atoms with E-state index in [2.05, 4.69) is 11.8 Å². The van der Waals surface area contributed by atoms with Gasteiger partial charge in [0.1, 0.15) is 0 Å². The summed E-state index contributed by atoms with van der Waals surface area (Å²) in [4.78, 5) is 14.4. The summed E-state index contributed by atoms with van der Waals surface area (Å²) in [6.07, 6.45) is 1.93. The van der Waals surface area contributed by atoms with Gasteiger partial charge in [-0.1, -0.05) is 13.3 Å². The molecule has 2 N–H and O–H groups in total. The van der Waals surface area contributed by atoms with Crippen molar-refractivity contribution in [3.8, 4) is 0 Å². The normalized spacial score (nSPS) is 15.0. The smallest absolute Gasteiger partial charge is 0.340 e. The minimum absolute atomic E-state index is 0.311. The maximum absolute atomic E-state index is 12.2. The minimum Gasteiger partial charge on any atom is -0.462 e. The van der Waals surface area contributed by atoms with Gasteiger partial charge in [0.25, 0.3) is 0 Å². The number of nitrogens with two attached hydrogens (primary N) is 1. The largest absolute Gasteiger partial charge is 0.462 e. The van der Waals surface area contributed by atoms with Gasteiger partial charge in [0.15, 0.2) is 0 Å². The summed E-state index contributed by atoms with van der Waals surface area (Å²) in [5.74, 6) is -0.311. The summed E-state index contributed by atoms with van der Waals surface area (Å²) in [6.45, 7) is 7.20. The zero-order valence-electron chi connectivity index (χ0n) is 12.9. The van der Waals surface area contributed by atoms with Gasteiger partial charge >= 0.3 is 5.97 Å². The lowest BCUT2D eigenvalue weighted by molar-refractivity contribution is 0.0526. The number of carbonyl (C=O) groups is 1. The highest BCUT2D eigenvalue weighted by Gasteiger charge is 2.21. The van der Waals surface area contributed by atoms with Crippen LogP contribution in [0.5, 0.6) is 0 Å². The molecule has 0 bridgehead atoms. The zero-order valence-corrected chi connectivity index (χ0v) is 12.9. The number of hydrogen-bond donors (Lipinski definition) is 1. The molecule has 0 spiro atoms. The first-order valence-electron chi connectivity index (χ1n) is 7.59. The van der Waals surface area contributed by atoms with Crippen molar-refractivity contribution < 1.29 is 14.3 Å². The lowest BCUT2D eigenvalue weighted by Gasteiger charge is -2.31. The van der Waals surface area contributed by atoms with Gasteiger partial charge in [-0.2, -0.15) is 0 Å². The quantitative estimate of drug-likeness (QED) is 0.666. The molecule has 1 heterocycles. The predicted molar refractivity (Wildman–Crippen MR) is 83.8 cm³/mol. The van der Waals surface area contributed by atoms with Crippen molar-refractivity contribution >= 4 is 17.3 Å². The van der Waals surface area contributed by atoms with Gasteiger partial charge in [-0.25, -0.2) is 4.79 Å². The molecule has 0 aliphatic carbocycles. The molecule has 1 fully saturated rings. The minimum atomic E-state index is -0.311. The second-order valence-electron chi connectivity index (χ2n) is 5.14. The number of morpholine rings is 1. The fourth-order valence-corrected chi connectivity index (χ4v) is 2.57. The van der Waals surface area contributed by atoms with Crippen LogP contribution in [0.3, 0.4) is 0 Å². The van der Waals surface area contributed by atoms with Crippen molar-refractivity contribution in [2.45, 2.75) is 26.7 Å². The van der Waals surface area contributed by atoms with Crippen molar-refractivity contribution in [3.63, 3.8) is 0 Å². The van der Waals surface area contributed by atoms with Crippen LogP contribution in [0.1, 0.15) is 36.2 Å². The van der Waals surface area contributed by atoms with Gasteiger partial charge in [0.2, 0.25) is 0 Å². The van der Waals surface area contributed by atoms with Crippen molar-refractivity contribution in [2.24, 2.45) is 0 Å². The third kappa shape index (κ3) is 3.67. The van der Waals surface area contributed by atoms with E-state index in [-0.39, 0.29) is 5.97 Å². The molecule has 0 radical (unpaired) electrons. The first kappa shape index (κ1) is 15.6. The number of ether oxygens (including phenoxy) is 2. The summed E-state index contributed by atoms with van der Waals surface area (Å²) in [5.41, 5.74) is 9.31. The Hall–Kier alpha value is -1.75. The lowest BCUT2D eigenvalue weighted by Crippen LogP contribution is -2.37. The van der Waals surface area contributed by atoms with Crippen LogP contribution < -0.4 is 10.6 Å². The molecule has 1 saturated heterocycles. The van der Waals surface area contributed by atoms with Gasteiger partial charge in [-0.05, 0) is 31.0 Å². The van der Waals surface area contributed by atoms with Gasteiger partial charge in [0.05, 0.1) is 31.1 Å². The average molecular weight is 292 g/mol. The molecule has 21 heavy (non-hydrogen) atoms. The molecule has 0 saturated carbocycles. The third-order valence-corrected chi connectivity index (χ3v) is 3.62. The summed E-state index contributed by atoms with van der Waals surface area (Å²) < 4.78 is 10.5. The number of nitrogens with zero attached hydrogens (tertiary/aromatic N) is 1. The molecule has 0 amide bonds. The third-order valence-electron chi connectivity index (χ3n) is 3.62. The van der Waals surface area contributed by atoms with E-state index in [1.54, 1.807) is 13.0 Å². The molecule has 1 aliphatic heterocycles. The Morgan fingerprint density at radius 2 is 2.05 bits per heavy atom. The maximum atomic E-state index is 12.2. The van der Waals surface area contributed by atoms with Crippen LogP contribution in [-0.4, -0.2) is 38.9 Å². The summed E-state index contributed by atoms with van der Waals surface area (Å²) in [5, 5.41) is 0. The van der Waals surface area contributed by atoms with Crippen molar-refractivity contribution in [1.82, 2.24) is 0 Å². The van der Waals surface area contributed by atoms with Gasteiger partial charge in [-0.15, -0.1) is 0 Å². The molecule has 1 aromatic rings. The number of aryl methyl sites for hydroxylation is 1. The Morgan fingerprint density at radius 3 is 2.67 bits per heavy atom. The monoisotopic (exact) mass is 292 g/mol. The van der Waals surface area contributed by atoms with Gasteiger partial charge in [-0.3, -0.25) is 0 Å². The van der Waals surface area contributed by atoms with Crippen molar-refractivity contribution in [2.75, 3.05) is 43.5 Å². The van der Waals surface area contributed by atoms with E-state index in [1.807, 2.05) is 6.07 Å². The van der Waals surface area contributed by atoms with Crippen LogP contribution in [0.2, 0.25) is 0 Å². The van der Waals surface area contributed by atoms with E-state index < -0.39 is 0 Å². The van der Waals surface area contributed by atoms with Crippen LogP contribution in [0, 0.1) is 0 Å². The molecule has 5 nitrogen and oxygen atoms in total. The molecule has 1 aliphatic rings. The molecule has 5 heteroatoms. The summed E-state index contributed by atoms with van der Waals surface area (Å²) >= 11 is 0. The van der Waals surface area contributed by atoms with E-state index in [1.165, 1.54) is 0 Å². The van der Waals surface area contributed by atoms with Crippen LogP contribution in [-0.2, 0) is 15.9 Å². The molecular formula is C16H24N2O3. The Bertz CT molecular complexity index is 497. The Labute approximate surface area is 126 Å². The number of anilines is 2. The van der Waals surface area contributed by atoms with Gasteiger partial charge < -0.3 is 20.1 Å². The molecule has 0 unspecified atom stereocenters. The molecule has 0 aromatic heterocycles.